The monoisotopic (exact) mass is 346 g/mol. The first-order valence-electron chi connectivity index (χ1n) is 9.81. The van der Waals surface area contributed by atoms with Crippen LogP contribution < -0.4 is 9.47 Å². The van der Waals surface area contributed by atoms with E-state index in [0.717, 1.165) is 12.0 Å². The fourth-order valence-corrected chi connectivity index (χ4v) is 5.11. The van der Waals surface area contributed by atoms with Gasteiger partial charge in [0.2, 0.25) is 0 Å². The molecule has 1 fully saturated rings. The maximum Gasteiger partial charge on any atom is 0.164 e. The molecule has 1 aromatic rings. The molecule has 3 atom stereocenters. The molecule has 0 amide bonds. The fraction of sp³-hybridized carbons (Fsp3) is 0.727. The Morgan fingerprint density at radius 3 is 2.56 bits per heavy atom. The lowest BCUT2D eigenvalue weighted by Gasteiger charge is -2.47. The zero-order valence-corrected chi connectivity index (χ0v) is 16.5. The molecule has 3 heteroatoms. The van der Waals surface area contributed by atoms with E-state index in [4.69, 9.17) is 9.47 Å². The average Bonchev–Trinajstić information content (AvgIpc) is 2.54. The van der Waals surface area contributed by atoms with E-state index < -0.39 is 0 Å². The van der Waals surface area contributed by atoms with E-state index >= 15 is 0 Å². The molecule has 3 unspecified atom stereocenters. The Hall–Kier alpha value is -1.38. The van der Waals surface area contributed by atoms with Gasteiger partial charge in [0.25, 0.3) is 0 Å². The highest BCUT2D eigenvalue weighted by Gasteiger charge is 2.45. The minimum Gasteiger partial charge on any atom is -0.504 e. The molecule has 3 rings (SSSR count). The SMILES string of the molecule is COc1cc(O)c2c(c1)C1(C)CCCC(C)(C)CCCC(C)C1CO2. The van der Waals surface area contributed by atoms with Crippen LogP contribution in [0.5, 0.6) is 17.2 Å². The maximum atomic E-state index is 10.4. The van der Waals surface area contributed by atoms with Crippen LogP contribution in [0.3, 0.4) is 0 Å². The predicted molar refractivity (Wildman–Crippen MR) is 102 cm³/mol. The second kappa shape index (κ2) is 6.74. The third-order valence-corrected chi connectivity index (χ3v) is 6.87. The lowest BCUT2D eigenvalue weighted by Crippen LogP contribution is -2.44. The quantitative estimate of drug-likeness (QED) is 0.710. The summed E-state index contributed by atoms with van der Waals surface area (Å²) in [7, 11) is 1.66. The largest absolute Gasteiger partial charge is 0.504 e. The van der Waals surface area contributed by atoms with E-state index in [1.807, 2.05) is 0 Å². The van der Waals surface area contributed by atoms with Gasteiger partial charge < -0.3 is 14.6 Å². The Kier molecular flexibility index (Phi) is 4.96. The summed E-state index contributed by atoms with van der Waals surface area (Å²) in [6, 6.07) is 3.75. The molecule has 0 spiro atoms. The molecule has 0 aromatic heterocycles. The van der Waals surface area contributed by atoms with Gasteiger partial charge in [-0.2, -0.15) is 0 Å². The summed E-state index contributed by atoms with van der Waals surface area (Å²) in [5, 5.41) is 10.4. The van der Waals surface area contributed by atoms with Gasteiger partial charge >= 0.3 is 0 Å². The van der Waals surface area contributed by atoms with Crippen LogP contribution in [-0.4, -0.2) is 18.8 Å². The van der Waals surface area contributed by atoms with Crippen LogP contribution in [0.25, 0.3) is 0 Å². The Morgan fingerprint density at radius 2 is 1.84 bits per heavy atom. The van der Waals surface area contributed by atoms with Crippen molar-refractivity contribution < 1.29 is 14.6 Å². The summed E-state index contributed by atoms with van der Waals surface area (Å²) >= 11 is 0. The number of phenolic OH excluding ortho intramolecular Hbond substituents is 1. The van der Waals surface area contributed by atoms with Crippen LogP contribution in [0.15, 0.2) is 12.1 Å². The van der Waals surface area contributed by atoms with Gasteiger partial charge in [-0.15, -0.1) is 0 Å². The highest BCUT2D eigenvalue weighted by molar-refractivity contribution is 5.55. The number of ether oxygens (including phenoxy) is 2. The van der Waals surface area contributed by atoms with E-state index in [1.165, 1.54) is 32.1 Å². The van der Waals surface area contributed by atoms with Crippen LogP contribution in [-0.2, 0) is 5.41 Å². The van der Waals surface area contributed by atoms with Crippen molar-refractivity contribution in [3.63, 3.8) is 0 Å². The lowest BCUT2D eigenvalue weighted by molar-refractivity contribution is 0.0707. The van der Waals surface area contributed by atoms with Gasteiger partial charge in [-0.1, -0.05) is 47.0 Å². The molecule has 1 aromatic carbocycles. The standard InChI is InChI=1S/C22H34O3/c1-15-8-6-9-21(2,3)10-7-11-22(4)17-12-16(24-5)13-19(23)20(17)25-14-18(15)22/h12-13,15,18,23H,6-11,14H2,1-5H3. The third-order valence-electron chi connectivity index (χ3n) is 6.87. The number of hydrogen-bond acceptors (Lipinski definition) is 3. The summed E-state index contributed by atoms with van der Waals surface area (Å²) in [5.41, 5.74) is 1.57. The van der Waals surface area contributed by atoms with Gasteiger partial charge in [0.15, 0.2) is 11.5 Å². The summed E-state index contributed by atoms with van der Waals surface area (Å²) in [6.07, 6.45) is 7.45. The first kappa shape index (κ1) is 18.4. The maximum absolute atomic E-state index is 10.4. The van der Waals surface area contributed by atoms with Gasteiger partial charge in [0, 0.05) is 23.0 Å². The van der Waals surface area contributed by atoms with Crippen molar-refractivity contribution in [2.24, 2.45) is 17.3 Å². The highest BCUT2D eigenvalue weighted by Crippen LogP contribution is 2.53. The van der Waals surface area contributed by atoms with Crippen molar-refractivity contribution in [3.05, 3.63) is 17.7 Å². The Morgan fingerprint density at radius 1 is 1.12 bits per heavy atom. The minimum absolute atomic E-state index is 0.0203. The minimum atomic E-state index is 0.0203. The van der Waals surface area contributed by atoms with Crippen LogP contribution in [0.2, 0.25) is 0 Å². The summed E-state index contributed by atoms with van der Waals surface area (Å²) in [6.45, 7) is 10.3. The number of benzene rings is 1. The molecule has 140 valence electrons. The molecular weight excluding hydrogens is 312 g/mol. The average molecular weight is 347 g/mol. The molecule has 0 radical (unpaired) electrons. The van der Waals surface area contributed by atoms with Crippen molar-refractivity contribution in [2.45, 2.75) is 71.6 Å². The topological polar surface area (TPSA) is 38.7 Å². The van der Waals surface area contributed by atoms with Crippen molar-refractivity contribution in [1.82, 2.24) is 0 Å². The van der Waals surface area contributed by atoms with Gasteiger partial charge in [-0.05, 0) is 36.7 Å². The smallest absolute Gasteiger partial charge is 0.164 e. The lowest BCUT2D eigenvalue weighted by atomic mass is 9.61. The van der Waals surface area contributed by atoms with Gasteiger partial charge in [0.05, 0.1) is 13.7 Å². The van der Waals surface area contributed by atoms with Gasteiger partial charge in [-0.25, -0.2) is 0 Å². The van der Waals surface area contributed by atoms with E-state index in [-0.39, 0.29) is 11.2 Å². The van der Waals surface area contributed by atoms with Gasteiger partial charge in [-0.3, -0.25) is 0 Å². The van der Waals surface area contributed by atoms with E-state index in [0.29, 0.717) is 35.4 Å². The summed E-state index contributed by atoms with van der Waals surface area (Å²) < 4.78 is 11.5. The van der Waals surface area contributed by atoms with Gasteiger partial charge in [0.1, 0.15) is 5.75 Å². The number of aromatic hydroxyl groups is 1. The molecular formula is C22H34O3. The molecule has 0 saturated heterocycles. The zero-order valence-electron chi connectivity index (χ0n) is 16.5. The first-order valence-corrected chi connectivity index (χ1v) is 9.81. The molecule has 1 aliphatic carbocycles. The van der Waals surface area contributed by atoms with Crippen molar-refractivity contribution >= 4 is 0 Å². The Labute approximate surface area is 152 Å². The van der Waals surface area contributed by atoms with E-state index in [9.17, 15) is 5.11 Å². The Balaban J connectivity index is 2.03. The molecule has 1 saturated carbocycles. The zero-order chi connectivity index (χ0) is 18.2. The second-order valence-corrected chi connectivity index (χ2v) is 9.25. The first-order chi connectivity index (χ1) is 11.8. The number of methoxy groups -OCH3 is 1. The number of rotatable bonds is 1. The summed E-state index contributed by atoms with van der Waals surface area (Å²) in [5.74, 6) is 2.68. The summed E-state index contributed by atoms with van der Waals surface area (Å²) in [4.78, 5) is 0. The van der Waals surface area contributed by atoms with Crippen molar-refractivity contribution in [2.75, 3.05) is 13.7 Å². The van der Waals surface area contributed by atoms with Crippen LogP contribution in [0.4, 0.5) is 0 Å². The van der Waals surface area contributed by atoms with Crippen molar-refractivity contribution in [1.29, 1.82) is 0 Å². The molecule has 3 nitrogen and oxygen atoms in total. The normalized spacial score (nSPS) is 32.0. The molecule has 1 heterocycles. The van der Waals surface area contributed by atoms with Crippen LogP contribution >= 0.6 is 0 Å². The van der Waals surface area contributed by atoms with E-state index in [1.54, 1.807) is 13.2 Å². The van der Waals surface area contributed by atoms with Crippen molar-refractivity contribution in [3.8, 4) is 17.2 Å². The molecule has 25 heavy (non-hydrogen) atoms. The molecule has 2 aliphatic rings. The third kappa shape index (κ3) is 3.47. The second-order valence-electron chi connectivity index (χ2n) is 9.25. The number of fused-ring (bicyclic) bond motifs is 3. The molecule has 0 bridgehead atoms. The number of hydrogen-bond donors (Lipinski definition) is 1. The molecule has 1 N–H and O–H groups in total. The predicted octanol–water partition coefficient (Wildman–Crippen LogP) is 5.68. The fourth-order valence-electron chi connectivity index (χ4n) is 5.11. The highest BCUT2D eigenvalue weighted by atomic mass is 16.5. The molecule has 1 aliphatic heterocycles. The number of phenols is 1. The van der Waals surface area contributed by atoms with Crippen LogP contribution in [0.1, 0.15) is 71.8 Å². The van der Waals surface area contributed by atoms with E-state index in [2.05, 4.69) is 33.8 Å². The Bertz CT molecular complexity index is 622. The van der Waals surface area contributed by atoms with Crippen LogP contribution in [0, 0.1) is 17.3 Å².